The van der Waals surface area contributed by atoms with Crippen molar-refractivity contribution in [3.05, 3.63) is 0 Å². The highest BCUT2D eigenvalue weighted by Gasteiger charge is 2.39. The molecule has 0 atom stereocenters. The monoisotopic (exact) mass is 138 g/mol. The number of rotatable bonds is 4. The van der Waals surface area contributed by atoms with Gasteiger partial charge in [-0.3, -0.25) is 0 Å². The van der Waals surface area contributed by atoms with Crippen molar-refractivity contribution < 1.29 is 0 Å². The summed E-state index contributed by atoms with van der Waals surface area (Å²) >= 11 is 0. The molecule has 1 aliphatic rings. The molecular formula is C8H14N2. The van der Waals surface area contributed by atoms with Crippen molar-refractivity contribution in [3.63, 3.8) is 0 Å². The summed E-state index contributed by atoms with van der Waals surface area (Å²) < 4.78 is 0. The fourth-order valence-electron chi connectivity index (χ4n) is 1.18. The largest absolute Gasteiger partial charge is 0.235 e. The molecule has 2 heteroatoms. The molecule has 1 fully saturated rings. The summed E-state index contributed by atoms with van der Waals surface area (Å²) in [5.74, 6) is 2.64. The molecule has 0 spiro atoms. The molecule has 1 aliphatic heterocycles. The predicted octanol–water partition coefficient (Wildman–Crippen LogP) is 1.00. The summed E-state index contributed by atoms with van der Waals surface area (Å²) in [7, 11) is 0. The Kier molecular flexibility index (Phi) is 2.31. The quantitative estimate of drug-likeness (QED) is 0.449. The van der Waals surface area contributed by atoms with Crippen LogP contribution in [-0.4, -0.2) is 5.66 Å². The van der Waals surface area contributed by atoms with Crippen molar-refractivity contribution >= 4 is 0 Å². The Morgan fingerprint density at radius 3 is 2.50 bits per heavy atom. The molecule has 0 aromatic carbocycles. The number of terminal acetylenes is 1. The minimum Gasteiger partial charge on any atom is -0.235 e. The predicted molar refractivity (Wildman–Crippen MR) is 42.0 cm³/mol. The third-order valence-corrected chi connectivity index (χ3v) is 1.85. The maximum atomic E-state index is 5.15. The van der Waals surface area contributed by atoms with E-state index in [4.69, 9.17) is 6.42 Å². The first-order valence-corrected chi connectivity index (χ1v) is 3.81. The van der Waals surface area contributed by atoms with Crippen molar-refractivity contribution in [1.82, 2.24) is 10.9 Å². The van der Waals surface area contributed by atoms with Gasteiger partial charge in [-0.2, -0.15) is 0 Å². The van der Waals surface area contributed by atoms with Crippen LogP contribution >= 0.6 is 0 Å². The lowest BCUT2D eigenvalue weighted by Gasteiger charge is -2.06. The van der Waals surface area contributed by atoms with E-state index in [-0.39, 0.29) is 5.66 Å². The minimum atomic E-state index is 0.209. The number of hydrogen-bond acceptors (Lipinski definition) is 2. The first-order valence-electron chi connectivity index (χ1n) is 3.81. The average molecular weight is 138 g/mol. The number of hydrazine groups is 1. The van der Waals surface area contributed by atoms with E-state index in [9.17, 15) is 0 Å². The van der Waals surface area contributed by atoms with Crippen LogP contribution in [0.3, 0.4) is 0 Å². The lowest BCUT2D eigenvalue weighted by atomic mass is 10.0. The van der Waals surface area contributed by atoms with Gasteiger partial charge in [0.15, 0.2) is 0 Å². The Hall–Kier alpha value is -0.520. The summed E-state index contributed by atoms with van der Waals surface area (Å²) in [6, 6.07) is 0. The Morgan fingerprint density at radius 2 is 2.10 bits per heavy atom. The first-order chi connectivity index (χ1) is 4.83. The fraction of sp³-hybridized carbons (Fsp3) is 0.750. The van der Waals surface area contributed by atoms with Crippen molar-refractivity contribution in [2.45, 2.75) is 38.3 Å². The summed E-state index contributed by atoms with van der Waals surface area (Å²) in [5.41, 5.74) is 6.49. The molecular weight excluding hydrogens is 124 g/mol. The van der Waals surface area contributed by atoms with Gasteiger partial charge in [0.05, 0.1) is 5.66 Å². The van der Waals surface area contributed by atoms with Crippen molar-refractivity contribution in [1.29, 1.82) is 0 Å². The molecule has 1 rings (SSSR count). The second-order valence-electron chi connectivity index (χ2n) is 2.79. The number of hydrogen-bond donors (Lipinski definition) is 2. The van der Waals surface area contributed by atoms with Crippen LogP contribution in [0.2, 0.25) is 0 Å². The van der Waals surface area contributed by atoms with Gasteiger partial charge in [0, 0.05) is 6.42 Å². The summed E-state index contributed by atoms with van der Waals surface area (Å²) in [5, 5.41) is 0. The smallest absolute Gasteiger partial charge is 0.0952 e. The van der Waals surface area contributed by atoms with Crippen LogP contribution in [0, 0.1) is 12.3 Å². The third kappa shape index (κ3) is 1.73. The van der Waals surface area contributed by atoms with E-state index < -0.39 is 0 Å². The second kappa shape index (κ2) is 3.05. The Bertz CT molecular complexity index is 142. The van der Waals surface area contributed by atoms with Gasteiger partial charge in [0.1, 0.15) is 0 Å². The zero-order valence-electron chi connectivity index (χ0n) is 6.41. The van der Waals surface area contributed by atoms with Crippen LogP contribution in [0.4, 0.5) is 0 Å². The molecule has 1 heterocycles. The summed E-state index contributed by atoms with van der Waals surface area (Å²) in [6.07, 6.45) is 9.44. The van der Waals surface area contributed by atoms with E-state index in [2.05, 4.69) is 23.7 Å². The molecule has 2 N–H and O–H groups in total. The van der Waals surface area contributed by atoms with Crippen LogP contribution in [0.15, 0.2) is 0 Å². The Balaban J connectivity index is 2.18. The van der Waals surface area contributed by atoms with Crippen LogP contribution < -0.4 is 10.9 Å². The van der Waals surface area contributed by atoms with Crippen LogP contribution in [0.1, 0.15) is 32.6 Å². The van der Waals surface area contributed by atoms with Crippen LogP contribution in [0.5, 0.6) is 0 Å². The van der Waals surface area contributed by atoms with E-state index in [0.717, 1.165) is 12.8 Å². The molecule has 56 valence electrons. The first kappa shape index (κ1) is 7.59. The van der Waals surface area contributed by atoms with Crippen LogP contribution in [-0.2, 0) is 0 Å². The van der Waals surface area contributed by atoms with Gasteiger partial charge in [0.2, 0.25) is 0 Å². The van der Waals surface area contributed by atoms with Gasteiger partial charge in [-0.25, -0.2) is 10.9 Å². The summed E-state index contributed by atoms with van der Waals surface area (Å²) in [4.78, 5) is 0. The molecule has 0 saturated carbocycles. The highest BCUT2D eigenvalue weighted by molar-refractivity contribution is 4.97. The molecule has 0 aliphatic carbocycles. The lowest BCUT2D eigenvalue weighted by molar-refractivity contribution is 0.511. The van der Waals surface area contributed by atoms with Gasteiger partial charge in [-0.1, -0.05) is 13.3 Å². The maximum Gasteiger partial charge on any atom is 0.0952 e. The maximum absolute atomic E-state index is 5.15. The highest BCUT2D eigenvalue weighted by atomic mass is 15.7. The third-order valence-electron chi connectivity index (χ3n) is 1.85. The van der Waals surface area contributed by atoms with Crippen molar-refractivity contribution in [2.75, 3.05) is 0 Å². The zero-order chi connectivity index (χ0) is 7.45. The fourth-order valence-corrected chi connectivity index (χ4v) is 1.18. The van der Waals surface area contributed by atoms with E-state index >= 15 is 0 Å². The lowest BCUT2D eigenvalue weighted by Crippen LogP contribution is -2.16. The summed E-state index contributed by atoms with van der Waals surface area (Å²) in [6.45, 7) is 2.18. The molecule has 0 bridgehead atoms. The van der Waals surface area contributed by atoms with Gasteiger partial charge < -0.3 is 0 Å². The molecule has 2 nitrogen and oxygen atoms in total. The molecule has 10 heavy (non-hydrogen) atoms. The second-order valence-corrected chi connectivity index (χ2v) is 2.79. The van der Waals surface area contributed by atoms with Gasteiger partial charge >= 0.3 is 0 Å². The van der Waals surface area contributed by atoms with Crippen molar-refractivity contribution in [3.8, 4) is 12.3 Å². The SMILES string of the molecule is C#CCCC1(CCC)NN1. The van der Waals surface area contributed by atoms with Gasteiger partial charge in [0.25, 0.3) is 0 Å². The molecule has 0 aromatic rings. The molecule has 0 amide bonds. The van der Waals surface area contributed by atoms with Gasteiger partial charge in [-0.15, -0.1) is 12.3 Å². The van der Waals surface area contributed by atoms with E-state index in [1.807, 2.05) is 0 Å². The average Bonchev–Trinajstić information content (AvgIpc) is 2.67. The zero-order valence-corrected chi connectivity index (χ0v) is 6.41. The molecule has 0 aromatic heterocycles. The molecule has 0 radical (unpaired) electrons. The highest BCUT2D eigenvalue weighted by Crippen LogP contribution is 2.22. The molecule has 0 unspecified atom stereocenters. The van der Waals surface area contributed by atoms with E-state index in [0.29, 0.717) is 0 Å². The van der Waals surface area contributed by atoms with E-state index in [1.54, 1.807) is 0 Å². The Morgan fingerprint density at radius 1 is 1.40 bits per heavy atom. The molecule has 1 saturated heterocycles. The van der Waals surface area contributed by atoms with Crippen molar-refractivity contribution in [2.24, 2.45) is 0 Å². The Labute approximate surface area is 62.4 Å². The number of nitrogens with one attached hydrogen (secondary N) is 2. The van der Waals surface area contributed by atoms with E-state index in [1.165, 1.54) is 12.8 Å². The topological polar surface area (TPSA) is 43.9 Å². The standard InChI is InChI=1S/C8H14N2/c1-3-5-7-8(6-4-2)9-10-8/h1,9-10H,4-7H2,2H3. The minimum absolute atomic E-state index is 0.209. The van der Waals surface area contributed by atoms with Crippen LogP contribution in [0.25, 0.3) is 0 Å². The normalized spacial score (nSPS) is 20.0. The van der Waals surface area contributed by atoms with Gasteiger partial charge in [-0.05, 0) is 12.8 Å².